The molecule has 2 rings (SSSR count). The minimum atomic E-state index is -1.27. The molecule has 7 heteroatoms. The average molecular weight is 288 g/mol. The van der Waals surface area contributed by atoms with E-state index in [1.54, 1.807) is 19.9 Å². The molecule has 2 aromatic rings. The van der Waals surface area contributed by atoms with Gasteiger partial charge in [0.05, 0.1) is 4.92 Å². The molecule has 0 spiro atoms. The van der Waals surface area contributed by atoms with Crippen LogP contribution in [-0.2, 0) is 0 Å². The van der Waals surface area contributed by atoms with E-state index in [1.807, 2.05) is 0 Å². The molecule has 0 unspecified atom stereocenters. The molecular formula is C14H12N2O5. The van der Waals surface area contributed by atoms with Crippen LogP contribution in [0.15, 0.2) is 30.5 Å². The number of aromatic nitrogens is 1. The Bertz CT molecular complexity index is 727. The van der Waals surface area contributed by atoms with Gasteiger partial charge in [0.1, 0.15) is 0 Å². The fourth-order valence-corrected chi connectivity index (χ4v) is 1.94. The predicted octanol–water partition coefficient (Wildman–Crippen LogP) is 3.10. The average Bonchev–Trinajstić information content (AvgIpc) is 2.41. The minimum absolute atomic E-state index is 0.0149. The van der Waals surface area contributed by atoms with Crippen LogP contribution >= 0.6 is 0 Å². The molecule has 108 valence electrons. The van der Waals surface area contributed by atoms with E-state index in [9.17, 15) is 14.9 Å². The van der Waals surface area contributed by atoms with Gasteiger partial charge >= 0.3 is 11.7 Å². The zero-order valence-electron chi connectivity index (χ0n) is 11.4. The van der Waals surface area contributed by atoms with Gasteiger partial charge in [0.15, 0.2) is 11.4 Å². The van der Waals surface area contributed by atoms with Crippen molar-refractivity contribution in [1.29, 1.82) is 0 Å². The van der Waals surface area contributed by atoms with Crippen LogP contribution in [0, 0.1) is 24.0 Å². The van der Waals surface area contributed by atoms with Gasteiger partial charge in [0.2, 0.25) is 5.75 Å². The second-order valence-corrected chi connectivity index (χ2v) is 4.44. The number of hydrogen-bond donors (Lipinski definition) is 1. The Morgan fingerprint density at radius 1 is 1.38 bits per heavy atom. The highest BCUT2D eigenvalue weighted by Gasteiger charge is 2.22. The van der Waals surface area contributed by atoms with Crippen LogP contribution in [0.4, 0.5) is 5.69 Å². The number of aromatic carboxylic acids is 1. The molecule has 0 radical (unpaired) electrons. The lowest BCUT2D eigenvalue weighted by Crippen LogP contribution is -2.04. The van der Waals surface area contributed by atoms with Crippen LogP contribution in [0.5, 0.6) is 11.5 Å². The molecule has 0 amide bonds. The summed E-state index contributed by atoms with van der Waals surface area (Å²) in [6.45, 7) is 3.39. The van der Waals surface area contributed by atoms with Gasteiger partial charge in [-0.3, -0.25) is 10.1 Å². The summed E-state index contributed by atoms with van der Waals surface area (Å²) in [6, 6.07) is 5.99. The Labute approximate surface area is 120 Å². The van der Waals surface area contributed by atoms with Gasteiger partial charge in [-0.25, -0.2) is 9.78 Å². The largest absolute Gasteiger partial charge is 0.476 e. The Morgan fingerprint density at radius 3 is 2.71 bits per heavy atom. The van der Waals surface area contributed by atoms with Gasteiger partial charge in [-0.2, -0.15) is 0 Å². The predicted molar refractivity (Wildman–Crippen MR) is 73.8 cm³/mol. The summed E-state index contributed by atoms with van der Waals surface area (Å²) >= 11 is 0. The first kappa shape index (κ1) is 14.4. The van der Waals surface area contributed by atoms with Crippen molar-refractivity contribution in [3.63, 3.8) is 0 Å². The number of carboxylic acid groups (broad SMARTS) is 1. The molecule has 0 aliphatic carbocycles. The zero-order chi connectivity index (χ0) is 15.6. The van der Waals surface area contributed by atoms with E-state index in [0.717, 1.165) is 5.56 Å². The fraction of sp³-hybridized carbons (Fsp3) is 0.143. The molecule has 0 atom stereocenters. The summed E-state index contributed by atoms with van der Waals surface area (Å²) in [6.07, 6.45) is 1.31. The molecule has 0 aliphatic rings. The lowest BCUT2D eigenvalue weighted by atomic mass is 10.1. The third kappa shape index (κ3) is 2.97. The van der Waals surface area contributed by atoms with Crippen LogP contribution < -0.4 is 4.74 Å². The van der Waals surface area contributed by atoms with Gasteiger partial charge in [0.25, 0.3) is 0 Å². The molecule has 1 aromatic heterocycles. The van der Waals surface area contributed by atoms with E-state index in [4.69, 9.17) is 9.84 Å². The van der Waals surface area contributed by atoms with E-state index < -0.39 is 10.9 Å². The molecule has 1 N–H and O–H groups in total. The third-order valence-corrected chi connectivity index (χ3v) is 2.78. The summed E-state index contributed by atoms with van der Waals surface area (Å²) in [5.41, 5.74) is 0.748. The number of rotatable bonds is 4. The van der Waals surface area contributed by atoms with Crippen molar-refractivity contribution in [1.82, 2.24) is 4.98 Å². The third-order valence-electron chi connectivity index (χ3n) is 2.78. The Morgan fingerprint density at radius 2 is 2.10 bits per heavy atom. The van der Waals surface area contributed by atoms with Crippen molar-refractivity contribution in [2.75, 3.05) is 0 Å². The summed E-state index contributed by atoms with van der Waals surface area (Å²) in [4.78, 5) is 25.4. The van der Waals surface area contributed by atoms with Gasteiger partial charge in [-0.1, -0.05) is 6.07 Å². The first-order chi connectivity index (χ1) is 9.90. The van der Waals surface area contributed by atoms with E-state index >= 15 is 0 Å². The van der Waals surface area contributed by atoms with Gasteiger partial charge in [-0.15, -0.1) is 0 Å². The SMILES string of the molecule is Cc1cc(C)c(Oc2cccnc2C(=O)O)c([N+](=O)[O-])c1. The number of carbonyl (C=O) groups is 1. The maximum atomic E-state index is 11.1. The molecule has 7 nitrogen and oxygen atoms in total. The lowest BCUT2D eigenvalue weighted by Gasteiger charge is -2.11. The van der Waals surface area contributed by atoms with E-state index in [0.29, 0.717) is 5.56 Å². The van der Waals surface area contributed by atoms with E-state index in [2.05, 4.69) is 4.98 Å². The molecule has 0 saturated carbocycles. The monoisotopic (exact) mass is 288 g/mol. The fourth-order valence-electron chi connectivity index (χ4n) is 1.94. The van der Waals surface area contributed by atoms with Crippen molar-refractivity contribution < 1.29 is 19.6 Å². The number of aryl methyl sites for hydroxylation is 2. The van der Waals surface area contributed by atoms with Gasteiger partial charge in [0, 0.05) is 12.3 Å². The molecule has 1 aromatic carbocycles. The molecule has 1 heterocycles. The number of benzene rings is 1. The normalized spacial score (nSPS) is 10.2. The summed E-state index contributed by atoms with van der Waals surface area (Å²) < 4.78 is 5.46. The summed E-state index contributed by atoms with van der Waals surface area (Å²) in [5, 5.41) is 20.2. The lowest BCUT2D eigenvalue weighted by molar-refractivity contribution is -0.385. The number of ether oxygens (including phenoxy) is 1. The van der Waals surface area contributed by atoms with Crippen molar-refractivity contribution >= 4 is 11.7 Å². The van der Waals surface area contributed by atoms with E-state index in [1.165, 1.54) is 24.4 Å². The van der Waals surface area contributed by atoms with Crippen LogP contribution in [0.1, 0.15) is 21.6 Å². The van der Waals surface area contributed by atoms with Gasteiger partial charge < -0.3 is 9.84 Å². The highest BCUT2D eigenvalue weighted by atomic mass is 16.6. The van der Waals surface area contributed by atoms with E-state index in [-0.39, 0.29) is 22.9 Å². The molecule has 0 fully saturated rings. The number of hydrogen-bond acceptors (Lipinski definition) is 5. The molecule has 0 saturated heterocycles. The highest BCUT2D eigenvalue weighted by Crippen LogP contribution is 2.36. The number of nitro groups is 1. The second-order valence-electron chi connectivity index (χ2n) is 4.44. The van der Waals surface area contributed by atoms with Crippen LogP contribution in [0.2, 0.25) is 0 Å². The Kier molecular flexibility index (Phi) is 3.84. The standard InChI is InChI=1S/C14H12N2O5/c1-8-6-9(2)13(10(7-8)16(19)20)21-11-4-3-5-15-12(11)14(17)18/h3-7H,1-2H3,(H,17,18). The van der Waals surface area contributed by atoms with Crippen molar-refractivity contribution in [2.24, 2.45) is 0 Å². The Hall–Kier alpha value is -2.96. The van der Waals surface area contributed by atoms with Crippen molar-refractivity contribution in [3.8, 4) is 11.5 Å². The maximum absolute atomic E-state index is 11.1. The minimum Gasteiger partial charge on any atom is -0.476 e. The number of carboxylic acids is 1. The molecule has 21 heavy (non-hydrogen) atoms. The molecule has 0 bridgehead atoms. The first-order valence-electron chi connectivity index (χ1n) is 6.02. The van der Waals surface area contributed by atoms with Crippen molar-refractivity contribution in [2.45, 2.75) is 13.8 Å². The summed E-state index contributed by atoms with van der Waals surface area (Å²) in [5.74, 6) is -1.29. The number of nitro benzene ring substituents is 1. The van der Waals surface area contributed by atoms with Crippen molar-refractivity contribution in [3.05, 3.63) is 57.4 Å². The summed E-state index contributed by atoms with van der Waals surface area (Å²) in [7, 11) is 0. The van der Waals surface area contributed by atoms with Gasteiger partial charge in [-0.05, 0) is 37.1 Å². The topological polar surface area (TPSA) is 103 Å². The number of pyridine rings is 1. The first-order valence-corrected chi connectivity index (χ1v) is 6.02. The van der Waals surface area contributed by atoms with Crippen LogP contribution in [0.3, 0.4) is 0 Å². The molecular weight excluding hydrogens is 276 g/mol. The maximum Gasteiger partial charge on any atom is 0.358 e. The highest BCUT2D eigenvalue weighted by molar-refractivity contribution is 5.88. The van der Waals surface area contributed by atoms with Crippen LogP contribution in [-0.4, -0.2) is 21.0 Å². The quantitative estimate of drug-likeness (QED) is 0.685. The molecule has 0 aliphatic heterocycles. The zero-order valence-corrected chi connectivity index (χ0v) is 11.4. The second kappa shape index (κ2) is 5.58. The Balaban J connectivity index is 2.55. The number of nitrogens with zero attached hydrogens (tertiary/aromatic N) is 2. The smallest absolute Gasteiger partial charge is 0.358 e. The van der Waals surface area contributed by atoms with Crippen LogP contribution in [0.25, 0.3) is 0 Å².